The van der Waals surface area contributed by atoms with Crippen LogP contribution in [0.4, 0.5) is 0 Å². The first-order valence-corrected chi connectivity index (χ1v) is 7.39. The lowest BCUT2D eigenvalue weighted by Gasteiger charge is -2.30. The van der Waals surface area contributed by atoms with E-state index in [0.29, 0.717) is 29.9 Å². The van der Waals surface area contributed by atoms with Crippen molar-refractivity contribution in [2.24, 2.45) is 5.92 Å². The Morgan fingerprint density at radius 2 is 2.13 bits per heavy atom. The maximum atomic E-state index is 11.6. The van der Waals surface area contributed by atoms with E-state index in [0.717, 1.165) is 5.56 Å². The molecule has 0 radical (unpaired) electrons. The number of carbonyl (C=O) groups is 1. The second-order valence-corrected chi connectivity index (χ2v) is 5.63. The number of aromatic hydroxyl groups is 1. The summed E-state index contributed by atoms with van der Waals surface area (Å²) in [5.41, 5.74) is 1.99. The molecule has 2 aromatic carbocycles. The molecule has 2 atom stereocenters. The van der Waals surface area contributed by atoms with Gasteiger partial charge in [0.05, 0.1) is 25.4 Å². The average molecular weight is 314 g/mol. The molecule has 0 fully saturated rings. The first-order valence-electron chi connectivity index (χ1n) is 7.39. The van der Waals surface area contributed by atoms with Crippen molar-refractivity contribution in [3.63, 3.8) is 0 Å². The highest BCUT2D eigenvalue weighted by molar-refractivity contribution is 5.89. The highest BCUT2D eigenvalue weighted by Crippen LogP contribution is 2.38. The first-order chi connectivity index (χ1) is 11.1. The molecule has 0 spiro atoms. The SMILES string of the molecule is COC(=O)c1cccc(C[C@H]2COc3ccc(O)cc3[C@H]2O)c1. The number of rotatable bonds is 3. The predicted molar refractivity (Wildman–Crippen MR) is 83.5 cm³/mol. The number of hydrogen-bond acceptors (Lipinski definition) is 5. The van der Waals surface area contributed by atoms with E-state index in [9.17, 15) is 15.0 Å². The summed E-state index contributed by atoms with van der Waals surface area (Å²) in [6.07, 6.45) is -0.172. The van der Waals surface area contributed by atoms with Crippen molar-refractivity contribution in [3.8, 4) is 11.5 Å². The quantitative estimate of drug-likeness (QED) is 0.851. The molecule has 1 aliphatic rings. The number of aliphatic hydroxyl groups is 1. The average Bonchev–Trinajstić information content (AvgIpc) is 2.57. The smallest absolute Gasteiger partial charge is 0.337 e. The van der Waals surface area contributed by atoms with E-state index in [4.69, 9.17) is 9.47 Å². The van der Waals surface area contributed by atoms with Gasteiger partial charge in [0, 0.05) is 11.5 Å². The van der Waals surface area contributed by atoms with Crippen LogP contribution in [0.15, 0.2) is 42.5 Å². The highest BCUT2D eigenvalue weighted by atomic mass is 16.5. The van der Waals surface area contributed by atoms with Gasteiger partial charge in [-0.1, -0.05) is 12.1 Å². The van der Waals surface area contributed by atoms with Crippen molar-refractivity contribution in [2.45, 2.75) is 12.5 Å². The van der Waals surface area contributed by atoms with E-state index >= 15 is 0 Å². The van der Waals surface area contributed by atoms with Crippen LogP contribution in [0.25, 0.3) is 0 Å². The van der Waals surface area contributed by atoms with Gasteiger partial charge in [0.1, 0.15) is 11.5 Å². The summed E-state index contributed by atoms with van der Waals surface area (Å²) < 4.78 is 10.4. The first kappa shape index (κ1) is 15.4. The van der Waals surface area contributed by atoms with E-state index in [2.05, 4.69) is 0 Å². The van der Waals surface area contributed by atoms with Gasteiger partial charge in [0.2, 0.25) is 0 Å². The number of phenolic OH excluding ortho intramolecular Hbond substituents is 1. The highest BCUT2D eigenvalue weighted by Gasteiger charge is 2.30. The van der Waals surface area contributed by atoms with Gasteiger partial charge in [-0.05, 0) is 42.3 Å². The van der Waals surface area contributed by atoms with E-state index in [-0.39, 0.29) is 17.6 Å². The molecule has 1 heterocycles. The van der Waals surface area contributed by atoms with Crippen LogP contribution >= 0.6 is 0 Å². The second-order valence-electron chi connectivity index (χ2n) is 5.63. The number of carbonyl (C=O) groups excluding carboxylic acids is 1. The van der Waals surface area contributed by atoms with Gasteiger partial charge in [-0.15, -0.1) is 0 Å². The van der Waals surface area contributed by atoms with E-state index < -0.39 is 6.10 Å². The number of hydrogen-bond donors (Lipinski definition) is 2. The molecule has 23 heavy (non-hydrogen) atoms. The lowest BCUT2D eigenvalue weighted by molar-refractivity contribution is 0.0505. The normalized spacial score (nSPS) is 19.6. The number of aliphatic hydroxyl groups excluding tert-OH is 1. The summed E-state index contributed by atoms with van der Waals surface area (Å²) in [5.74, 6) is 0.148. The minimum atomic E-state index is -0.729. The van der Waals surface area contributed by atoms with E-state index in [1.165, 1.54) is 19.2 Å². The summed E-state index contributed by atoms with van der Waals surface area (Å²) in [4.78, 5) is 11.6. The maximum absolute atomic E-state index is 11.6. The fourth-order valence-electron chi connectivity index (χ4n) is 2.86. The molecule has 0 aliphatic carbocycles. The Kier molecular flexibility index (Phi) is 4.21. The Morgan fingerprint density at radius 3 is 2.91 bits per heavy atom. The van der Waals surface area contributed by atoms with Crippen LogP contribution in [0.2, 0.25) is 0 Å². The summed E-state index contributed by atoms with van der Waals surface area (Å²) >= 11 is 0. The minimum Gasteiger partial charge on any atom is -0.508 e. The lowest BCUT2D eigenvalue weighted by atomic mass is 9.88. The molecule has 0 aromatic heterocycles. The molecule has 2 N–H and O–H groups in total. The third-order valence-electron chi connectivity index (χ3n) is 4.06. The van der Waals surface area contributed by atoms with Gasteiger partial charge in [-0.2, -0.15) is 0 Å². The molecule has 1 aliphatic heterocycles. The third kappa shape index (κ3) is 3.14. The minimum absolute atomic E-state index is 0.0970. The Balaban J connectivity index is 1.80. The Bertz CT molecular complexity index is 725. The number of methoxy groups -OCH3 is 1. The number of esters is 1. The molecule has 5 heteroatoms. The van der Waals surface area contributed by atoms with Crippen LogP contribution in [0.3, 0.4) is 0 Å². The number of benzene rings is 2. The lowest BCUT2D eigenvalue weighted by Crippen LogP contribution is -2.27. The van der Waals surface area contributed by atoms with Crippen LogP contribution in [0.1, 0.15) is 27.6 Å². The van der Waals surface area contributed by atoms with Crippen molar-refractivity contribution >= 4 is 5.97 Å². The van der Waals surface area contributed by atoms with Crippen molar-refractivity contribution in [2.75, 3.05) is 13.7 Å². The molecular formula is C18H18O5. The monoisotopic (exact) mass is 314 g/mol. The van der Waals surface area contributed by atoms with Crippen LogP contribution in [-0.4, -0.2) is 29.9 Å². The zero-order valence-electron chi connectivity index (χ0n) is 12.7. The molecule has 0 amide bonds. The molecule has 5 nitrogen and oxygen atoms in total. The van der Waals surface area contributed by atoms with E-state index in [1.54, 1.807) is 24.3 Å². The maximum Gasteiger partial charge on any atom is 0.337 e. The van der Waals surface area contributed by atoms with Gasteiger partial charge in [0.15, 0.2) is 0 Å². The second kappa shape index (κ2) is 6.30. The summed E-state index contributed by atoms with van der Waals surface area (Å²) in [5, 5.41) is 20.1. The van der Waals surface area contributed by atoms with E-state index in [1.807, 2.05) is 6.07 Å². The van der Waals surface area contributed by atoms with Gasteiger partial charge >= 0.3 is 5.97 Å². The Labute approximate surface area is 134 Å². The molecule has 0 unspecified atom stereocenters. The van der Waals surface area contributed by atoms with Crippen LogP contribution in [-0.2, 0) is 11.2 Å². The molecule has 0 bridgehead atoms. The summed E-state index contributed by atoms with van der Waals surface area (Å²) in [7, 11) is 1.34. The standard InChI is InChI=1S/C18H18O5/c1-22-18(21)12-4-2-3-11(7-12)8-13-10-23-16-6-5-14(19)9-15(16)17(13)20/h2-7,9,13,17,19-20H,8,10H2,1H3/t13-,17-/m0/s1. The van der Waals surface area contributed by atoms with Gasteiger partial charge < -0.3 is 19.7 Å². The molecule has 0 saturated heterocycles. The zero-order chi connectivity index (χ0) is 16.4. The van der Waals surface area contributed by atoms with Crippen molar-refractivity contribution < 1.29 is 24.5 Å². The topological polar surface area (TPSA) is 76.0 Å². The molecular weight excluding hydrogens is 296 g/mol. The predicted octanol–water partition coefficient (Wildman–Crippen LogP) is 2.46. The fraction of sp³-hybridized carbons (Fsp3) is 0.278. The number of phenols is 1. The molecule has 2 aromatic rings. The number of ether oxygens (including phenoxy) is 2. The summed E-state index contributed by atoms with van der Waals surface area (Å²) in [6, 6.07) is 11.9. The van der Waals surface area contributed by atoms with Crippen molar-refractivity contribution in [3.05, 3.63) is 59.2 Å². The molecule has 120 valence electrons. The number of fused-ring (bicyclic) bond motifs is 1. The Hall–Kier alpha value is -2.53. The van der Waals surface area contributed by atoms with Gasteiger partial charge in [-0.25, -0.2) is 4.79 Å². The molecule has 0 saturated carbocycles. The van der Waals surface area contributed by atoms with Crippen molar-refractivity contribution in [1.29, 1.82) is 0 Å². The largest absolute Gasteiger partial charge is 0.508 e. The van der Waals surface area contributed by atoms with Crippen molar-refractivity contribution in [1.82, 2.24) is 0 Å². The fourth-order valence-corrected chi connectivity index (χ4v) is 2.86. The summed E-state index contributed by atoms with van der Waals surface area (Å²) in [6.45, 7) is 0.376. The van der Waals surface area contributed by atoms with Gasteiger partial charge in [0.25, 0.3) is 0 Å². The Morgan fingerprint density at radius 1 is 1.30 bits per heavy atom. The zero-order valence-corrected chi connectivity index (χ0v) is 12.7. The van der Waals surface area contributed by atoms with Crippen LogP contribution in [0.5, 0.6) is 11.5 Å². The van der Waals surface area contributed by atoms with Crippen LogP contribution in [0, 0.1) is 5.92 Å². The molecule has 3 rings (SSSR count). The van der Waals surface area contributed by atoms with Crippen LogP contribution < -0.4 is 4.74 Å². The third-order valence-corrected chi connectivity index (χ3v) is 4.06. The van der Waals surface area contributed by atoms with Gasteiger partial charge in [-0.3, -0.25) is 0 Å².